The number of amides is 1. The summed E-state index contributed by atoms with van der Waals surface area (Å²) in [5, 5.41) is 11.6. The zero-order valence-corrected chi connectivity index (χ0v) is 23.9. The molecule has 1 fully saturated rings. The van der Waals surface area contributed by atoms with Gasteiger partial charge < -0.3 is 21.1 Å². The summed E-state index contributed by atoms with van der Waals surface area (Å²) < 4.78 is 21.2. The molecule has 4 N–H and O–H groups in total. The highest BCUT2D eigenvalue weighted by atomic mass is 35.5. The van der Waals surface area contributed by atoms with Gasteiger partial charge in [0.15, 0.2) is 0 Å². The highest BCUT2D eigenvalue weighted by Crippen LogP contribution is 2.34. The Morgan fingerprint density at radius 3 is 2.77 bits per heavy atom. The van der Waals surface area contributed by atoms with Gasteiger partial charge in [0.05, 0.1) is 33.7 Å². The van der Waals surface area contributed by atoms with Crippen LogP contribution in [0.3, 0.4) is 0 Å². The van der Waals surface area contributed by atoms with Crippen molar-refractivity contribution in [3.63, 3.8) is 0 Å². The molecule has 1 aromatic carbocycles. The van der Waals surface area contributed by atoms with Crippen molar-refractivity contribution in [2.75, 3.05) is 5.32 Å². The van der Waals surface area contributed by atoms with Gasteiger partial charge in [-0.15, -0.1) is 0 Å². The molecule has 0 bridgehead atoms. The van der Waals surface area contributed by atoms with Crippen LogP contribution in [0.2, 0.25) is 5.02 Å². The molecule has 2 aliphatic carbocycles. The molecule has 10 heteroatoms. The third-order valence-electron chi connectivity index (χ3n) is 7.23. The molecule has 0 spiro atoms. The molecule has 2 atom stereocenters. The molecule has 5 rings (SSSR count). The fourth-order valence-electron chi connectivity index (χ4n) is 5.36. The van der Waals surface area contributed by atoms with Crippen LogP contribution in [0.4, 0.5) is 20.6 Å². The predicted octanol–water partition coefficient (Wildman–Crippen LogP) is 6.98. The number of alkyl carbamates (subject to hydrolysis) is 1. The number of nitrogens with one attached hydrogen (secondary N) is 2. The first-order valence-electron chi connectivity index (χ1n) is 13.8. The number of carbonyl (C=O) groups is 1. The zero-order valence-electron chi connectivity index (χ0n) is 23.1. The van der Waals surface area contributed by atoms with Crippen molar-refractivity contribution in [3.05, 3.63) is 64.7 Å². The Bertz CT molecular complexity index is 1470. The van der Waals surface area contributed by atoms with E-state index in [-0.39, 0.29) is 23.6 Å². The number of nitrogens with zero attached hydrogens (tertiary/aromatic N) is 3. The Hall–Kier alpha value is -3.59. The van der Waals surface area contributed by atoms with Crippen LogP contribution in [0.1, 0.15) is 76.8 Å². The van der Waals surface area contributed by atoms with Gasteiger partial charge in [-0.1, -0.05) is 17.7 Å². The lowest BCUT2D eigenvalue weighted by molar-refractivity contribution is 0.0505. The fourth-order valence-corrected chi connectivity index (χ4v) is 5.52. The molecule has 2 aliphatic rings. The lowest BCUT2D eigenvalue weighted by Crippen LogP contribution is -2.38. The molecular weight excluding hydrogens is 531 g/mol. The van der Waals surface area contributed by atoms with Gasteiger partial charge >= 0.3 is 6.09 Å². The van der Waals surface area contributed by atoms with Crippen LogP contribution >= 0.6 is 11.6 Å². The largest absolute Gasteiger partial charge is 0.444 e. The topological polar surface area (TPSA) is 106 Å². The van der Waals surface area contributed by atoms with E-state index in [9.17, 15) is 9.18 Å². The van der Waals surface area contributed by atoms with Crippen molar-refractivity contribution >= 4 is 46.0 Å². The molecule has 3 aromatic rings. The summed E-state index contributed by atoms with van der Waals surface area (Å²) in [5.41, 5.74) is 10.9. The molecule has 0 radical (unpaired) electrons. The van der Waals surface area contributed by atoms with Crippen molar-refractivity contribution < 1.29 is 13.9 Å². The van der Waals surface area contributed by atoms with E-state index < -0.39 is 17.5 Å². The normalized spacial score (nSPS) is 19.9. The van der Waals surface area contributed by atoms with Gasteiger partial charge in [-0.2, -0.15) is 5.10 Å². The number of amidine groups is 1. The first kappa shape index (κ1) is 28.0. The number of hydrogen-bond acceptors (Lipinski definition) is 5. The average Bonchev–Trinajstić information content (AvgIpc) is 3.53. The molecule has 2 heterocycles. The number of aromatic nitrogens is 2. The van der Waals surface area contributed by atoms with E-state index in [2.05, 4.69) is 32.9 Å². The highest BCUT2D eigenvalue weighted by Gasteiger charge is 2.29. The van der Waals surface area contributed by atoms with Gasteiger partial charge in [0, 0.05) is 24.3 Å². The molecule has 40 heavy (non-hydrogen) atoms. The van der Waals surface area contributed by atoms with Gasteiger partial charge in [0.1, 0.15) is 17.3 Å². The number of fused-ring (bicyclic) bond motifs is 1. The van der Waals surface area contributed by atoms with Gasteiger partial charge in [-0.25, -0.2) is 18.7 Å². The van der Waals surface area contributed by atoms with Crippen LogP contribution in [-0.2, 0) is 4.74 Å². The summed E-state index contributed by atoms with van der Waals surface area (Å²) in [4.78, 5) is 16.8. The minimum absolute atomic E-state index is 0.0134. The second kappa shape index (κ2) is 11.5. The standard InChI is InChI=1S/C30H36ClFN6O2/c1-30(2,3)40-29(39)36-22-11-10-21(15-22)35-27-23(28(33)37-25-14-20(32)9-12-24(25)31)16-34-38-17-19(13-26(27)38)18-7-5-4-6-8-18/h7,9,12-14,16-17,21-22,35H,4-6,8,10-11,15H2,1-3H3,(H2,33,37)(H,36,39)/t21-,22+/m1/s1. The Balaban J connectivity index is 1.47. The third kappa shape index (κ3) is 6.58. The second-order valence-corrected chi connectivity index (χ2v) is 12.0. The van der Waals surface area contributed by atoms with Crippen LogP contribution in [0, 0.1) is 5.82 Å². The maximum atomic E-state index is 13.9. The molecular formula is C30H36ClFN6O2. The van der Waals surface area contributed by atoms with E-state index in [1.54, 1.807) is 6.20 Å². The summed E-state index contributed by atoms with van der Waals surface area (Å²) in [7, 11) is 0. The molecule has 0 unspecified atom stereocenters. The van der Waals surface area contributed by atoms with Crippen molar-refractivity contribution in [3.8, 4) is 0 Å². The highest BCUT2D eigenvalue weighted by molar-refractivity contribution is 6.33. The molecule has 0 aliphatic heterocycles. The zero-order chi connectivity index (χ0) is 28.4. The van der Waals surface area contributed by atoms with Gasteiger partial charge in [0.25, 0.3) is 0 Å². The molecule has 1 amide bonds. The van der Waals surface area contributed by atoms with Crippen molar-refractivity contribution in [1.82, 2.24) is 14.9 Å². The number of ether oxygens (including phenoxy) is 1. The molecule has 2 aromatic heterocycles. The van der Waals surface area contributed by atoms with Crippen molar-refractivity contribution in [1.29, 1.82) is 0 Å². The van der Waals surface area contributed by atoms with Crippen molar-refractivity contribution in [2.45, 2.75) is 83.4 Å². The summed E-state index contributed by atoms with van der Waals surface area (Å²) in [6, 6.07) is 6.18. The summed E-state index contributed by atoms with van der Waals surface area (Å²) in [6.07, 6.45) is 12.5. The van der Waals surface area contributed by atoms with Crippen LogP contribution in [0.25, 0.3) is 11.1 Å². The SMILES string of the molecule is CC(C)(C)OC(=O)N[C@H]1CC[C@@H](Nc2c(C(N)=Nc3cc(F)ccc3Cl)cnn3cc(C4=CCCCC4)cc23)C1. The summed E-state index contributed by atoms with van der Waals surface area (Å²) in [5.74, 6) is -0.277. The molecule has 212 valence electrons. The second-order valence-electron chi connectivity index (χ2n) is 11.6. The molecule has 8 nitrogen and oxygen atoms in total. The third-order valence-corrected chi connectivity index (χ3v) is 7.55. The van der Waals surface area contributed by atoms with E-state index in [1.807, 2.05) is 31.5 Å². The number of rotatable bonds is 6. The molecule has 0 saturated heterocycles. The maximum Gasteiger partial charge on any atom is 0.407 e. The average molecular weight is 567 g/mol. The minimum atomic E-state index is -0.556. The number of aliphatic imine (C=N–C) groups is 1. The number of benzene rings is 1. The van der Waals surface area contributed by atoms with E-state index in [1.165, 1.54) is 36.6 Å². The van der Waals surface area contributed by atoms with E-state index in [4.69, 9.17) is 22.1 Å². The van der Waals surface area contributed by atoms with Gasteiger partial charge in [-0.3, -0.25) is 0 Å². The lowest BCUT2D eigenvalue weighted by Gasteiger charge is -2.22. The Morgan fingerprint density at radius 2 is 2.02 bits per heavy atom. The minimum Gasteiger partial charge on any atom is -0.444 e. The van der Waals surface area contributed by atoms with E-state index in [0.717, 1.165) is 48.9 Å². The number of anilines is 1. The number of hydrogen-bond donors (Lipinski definition) is 3. The Labute approximate surface area is 238 Å². The van der Waals surface area contributed by atoms with E-state index in [0.29, 0.717) is 10.6 Å². The first-order chi connectivity index (χ1) is 19.1. The summed E-state index contributed by atoms with van der Waals surface area (Å²) >= 11 is 6.27. The summed E-state index contributed by atoms with van der Waals surface area (Å²) in [6.45, 7) is 5.54. The molecule has 1 saturated carbocycles. The number of halogens is 2. The smallest absolute Gasteiger partial charge is 0.407 e. The fraction of sp³-hybridized carbons (Fsp3) is 0.433. The lowest BCUT2D eigenvalue weighted by atomic mass is 9.95. The maximum absolute atomic E-state index is 13.9. The van der Waals surface area contributed by atoms with E-state index >= 15 is 0 Å². The number of allylic oxidation sites excluding steroid dienone is 2. The van der Waals surface area contributed by atoms with Crippen LogP contribution in [0.5, 0.6) is 0 Å². The monoisotopic (exact) mass is 566 g/mol. The quantitative estimate of drug-likeness (QED) is 0.220. The number of carbonyl (C=O) groups excluding carboxylic acids is 1. The predicted molar refractivity (Wildman–Crippen MR) is 158 cm³/mol. The van der Waals surface area contributed by atoms with Crippen molar-refractivity contribution in [2.24, 2.45) is 10.7 Å². The first-order valence-corrected chi connectivity index (χ1v) is 14.2. The van der Waals surface area contributed by atoms with Crippen LogP contribution < -0.4 is 16.4 Å². The van der Waals surface area contributed by atoms with Gasteiger partial charge in [0.2, 0.25) is 0 Å². The van der Waals surface area contributed by atoms with Crippen LogP contribution in [-0.4, -0.2) is 39.2 Å². The Kier molecular flexibility index (Phi) is 8.03. The van der Waals surface area contributed by atoms with Gasteiger partial charge in [-0.05, 0) is 95.1 Å². The number of nitrogens with two attached hydrogens (primary N) is 1. The van der Waals surface area contributed by atoms with Crippen LogP contribution in [0.15, 0.2) is 47.7 Å². The Morgan fingerprint density at radius 1 is 1.23 bits per heavy atom.